The van der Waals surface area contributed by atoms with Gasteiger partial charge >= 0.3 is 11.7 Å². The number of azide groups is 1. The Kier molecular flexibility index (Phi) is 3.72. The number of nitrogens with one attached hydrogen (secondary N) is 1. The van der Waals surface area contributed by atoms with Gasteiger partial charge in [0.05, 0.1) is 5.69 Å². The Labute approximate surface area is 98.4 Å². The van der Waals surface area contributed by atoms with Crippen molar-refractivity contribution in [1.82, 2.24) is 4.73 Å². The molecule has 1 heterocycles. The summed E-state index contributed by atoms with van der Waals surface area (Å²) in [6.45, 7) is 0. The average Bonchev–Trinajstić information content (AvgIpc) is 2.28. The van der Waals surface area contributed by atoms with E-state index in [0.717, 1.165) is 7.11 Å². The van der Waals surface area contributed by atoms with E-state index < -0.39 is 23.1 Å². The number of hydrogen-bond donors (Lipinski definition) is 1. The zero-order valence-electron chi connectivity index (χ0n) is 9.32. The topological polar surface area (TPSA) is 92.0 Å². The summed E-state index contributed by atoms with van der Waals surface area (Å²) < 4.78 is 38.1. The van der Waals surface area contributed by atoms with Gasteiger partial charge in [-0.05, 0) is 11.6 Å². The third-order valence-corrected chi connectivity index (χ3v) is 2.02. The van der Waals surface area contributed by atoms with Crippen molar-refractivity contribution >= 4 is 11.4 Å². The number of alkyl halides is 3. The van der Waals surface area contributed by atoms with Crippen LogP contribution in [0.5, 0.6) is 0 Å². The molecule has 0 aliphatic heterocycles. The van der Waals surface area contributed by atoms with Gasteiger partial charge in [0.25, 0.3) is 0 Å². The van der Waals surface area contributed by atoms with Crippen LogP contribution in [0.2, 0.25) is 0 Å². The van der Waals surface area contributed by atoms with Gasteiger partial charge < -0.3 is 10.2 Å². The largest absolute Gasteiger partial charge is 0.434 e. The van der Waals surface area contributed by atoms with E-state index in [1.165, 1.54) is 7.05 Å². The lowest BCUT2D eigenvalue weighted by Crippen LogP contribution is -2.33. The van der Waals surface area contributed by atoms with Crippen LogP contribution < -0.4 is 15.7 Å². The number of hydrogen-bond acceptors (Lipinski definition) is 4. The number of rotatable bonds is 3. The highest BCUT2D eigenvalue weighted by molar-refractivity contribution is 5.64. The molecule has 0 radical (unpaired) electrons. The Bertz CT molecular complexity index is 559. The Hall–Kier alpha value is -2.35. The quantitative estimate of drug-likeness (QED) is 0.513. The fourth-order valence-electron chi connectivity index (χ4n) is 1.32. The molecule has 98 valence electrons. The third-order valence-electron chi connectivity index (χ3n) is 2.02. The molecule has 0 aromatic carbocycles. The fraction of sp³-hybridized carbons (Fsp3) is 0.375. The highest BCUT2D eigenvalue weighted by Crippen LogP contribution is 2.32. The fourth-order valence-corrected chi connectivity index (χ4v) is 1.32. The van der Waals surface area contributed by atoms with Crippen LogP contribution in [0.25, 0.3) is 10.4 Å². The first-order valence-corrected chi connectivity index (χ1v) is 4.51. The second-order valence-corrected chi connectivity index (χ2v) is 3.01. The highest BCUT2D eigenvalue weighted by Gasteiger charge is 2.36. The molecule has 7 nitrogen and oxygen atoms in total. The van der Waals surface area contributed by atoms with E-state index in [2.05, 4.69) is 20.2 Å². The van der Waals surface area contributed by atoms with Crippen molar-refractivity contribution in [3.05, 3.63) is 32.6 Å². The van der Waals surface area contributed by atoms with Gasteiger partial charge in [-0.15, -0.1) is 4.73 Å². The zero-order valence-corrected chi connectivity index (χ0v) is 9.32. The maximum atomic E-state index is 12.7. The van der Waals surface area contributed by atoms with E-state index in [1.54, 1.807) is 0 Å². The van der Waals surface area contributed by atoms with E-state index in [4.69, 9.17) is 5.53 Å². The minimum absolute atomic E-state index is 0.0717. The number of nitrogens with zero attached hydrogens (tertiary/aromatic N) is 4. The molecule has 0 fully saturated rings. The summed E-state index contributed by atoms with van der Waals surface area (Å²) in [7, 11) is 2.23. The van der Waals surface area contributed by atoms with Crippen molar-refractivity contribution in [3.63, 3.8) is 0 Å². The van der Waals surface area contributed by atoms with Crippen molar-refractivity contribution in [1.29, 1.82) is 0 Å². The smallest absolute Gasteiger partial charge is 0.413 e. The summed E-state index contributed by atoms with van der Waals surface area (Å²) in [4.78, 5) is 18.4. The molecule has 0 atom stereocenters. The predicted octanol–water partition coefficient (Wildman–Crippen LogP) is 1.91. The lowest BCUT2D eigenvalue weighted by atomic mass is 10.2. The van der Waals surface area contributed by atoms with Gasteiger partial charge in [0.15, 0.2) is 5.69 Å². The molecular weight excluding hydrogens is 255 g/mol. The average molecular weight is 263 g/mol. The summed E-state index contributed by atoms with van der Waals surface area (Å²) >= 11 is 0. The minimum atomic E-state index is -4.82. The lowest BCUT2D eigenvalue weighted by molar-refractivity contribution is -0.151. The summed E-state index contributed by atoms with van der Waals surface area (Å²) in [5.41, 5.74) is 5.05. The van der Waals surface area contributed by atoms with Gasteiger partial charge in [0.2, 0.25) is 0 Å². The maximum absolute atomic E-state index is 12.7. The monoisotopic (exact) mass is 263 g/mol. The Morgan fingerprint density at radius 3 is 2.56 bits per heavy atom. The van der Waals surface area contributed by atoms with Crippen molar-refractivity contribution < 1.29 is 18.0 Å². The van der Waals surface area contributed by atoms with Crippen LogP contribution >= 0.6 is 0 Å². The summed E-state index contributed by atoms with van der Waals surface area (Å²) in [5.74, 6) is 0. The zero-order chi connectivity index (χ0) is 13.9. The van der Waals surface area contributed by atoms with Crippen molar-refractivity contribution in [2.75, 3.05) is 19.5 Å². The van der Waals surface area contributed by atoms with Gasteiger partial charge in [-0.1, -0.05) is 5.11 Å². The molecule has 1 N–H and O–H groups in total. The summed E-state index contributed by atoms with van der Waals surface area (Å²) in [6.07, 6.45) is -4.82. The highest BCUT2D eigenvalue weighted by atomic mass is 19.4. The normalized spacial score (nSPS) is 10.7. The second-order valence-electron chi connectivity index (χ2n) is 3.01. The number of pyridine rings is 1. The van der Waals surface area contributed by atoms with Gasteiger partial charge in [-0.3, -0.25) is 4.79 Å². The molecule has 0 saturated carbocycles. The van der Waals surface area contributed by atoms with Crippen LogP contribution in [0, 0.1) is 0 Å². The molecule has 0 spiro atoms. The first-order valence-electron chi connectivity index (χ1n) is 4.51. The lowest BCUT2D eigenvalue weighted by Gasteiger charge is -2.16. The number of aromatic nitrogens is 1. The van der Waals surface area contributed by atoms with Gasteiger partial charge in [0.1, 0.15) is 12.8 Å². The maximum Gasteiger partial charge on any atom is 0.434 e. The molecule has 0 saturated heterocycles. The molecule has 0 aliphatic rings. The molecule has 10 heteroatoms. The van der Waals surface area contributed by atoms with Crippen LogP contribution in [0.1, 0.15) is 5.69 Å². The van der Waals surface area contributed by atoms with Gasteiger partial charge in [-0.2, -0.15) is 13.2 Å². The van der Waals surface area contributed by atoms with Crippen LogP contribution in [-0.2, 0) is 6.18 Å². The molecule has 1 rings (SSSR count). The number of anilines is 1. The van der Waals surface area contributed by atoms with Crippen LogP contribution in [0.15, 0.2) is 16.0 Å². The van der Waals surface area contributed by atoms with E-state index in [-0.39, 0.29) is 10.4 Å². The van der Waals surface area contributed by atoms with Crippen LogP contribution in [0.4, 0.5) is 24.5 Å². The third kappa shape index (κ3) is 2.33. The van der Waals surface area contributed by atoms with Crippen molar-refractivity contribution in [3.8, 4) is 0 Å². The predicted molar refractivity (Wildman–Crippen MR) is 56.6 cm³/mol. The first-order chi connectivity index (χ1) is 8.36. The van der Waals surface area contributed by atoms with Crippen LogP contribution in [0.3, 0.4) is 0 Å². The van der Waals surface area contributed by atoms with E-state index >= 15 is 0 Å². The van der Waals surface area contributed by atoms with E-state index in [1.807, 2.05) is 0 Å². The number of halogens is 3. The van der Waals surface area contributed by atoms with E-state index in [9.17, 15) is 18.0 Å². The van der Waals surface area contributed by atoms with Gasteiger partial charge in [0, 0.05) is 12.0 Å². The van der Waals surface area contributed by atoms with Gasteiger partial charge in [-0.25, -0.2) is 0 Å². The molecule has 0 bridgehead atoms. The second kappa shape index (κ2) is 4.88. The Balaban J connectivity index is 3.75. The summed E-state index contributed by atoms with van der Waals surface area (Å²) in [5, 5.41) is 5.39. The van der Waals surface area contributed by atoms with E-state index in [0.29, 0.717) is 6.07 Å². The van der Waals surface area contributed by atoms with Crippen molar-refractivity contribution in [2.24, 2.45) is 5.11 Å². The summed E-state index contributed by atoms with van der Waals surface area (Å²) in [6, 6.07) is 0.524. The Morgan fingerprint density at radius 1 is 1.56 bits per heavy atom. The molecule has 1 aromatic heterocycles. The Morgan fingerprint density at radius 2 is 2.17 bits per heavy atom. The SMILES string of the molecule is CNc1c(N=[N+]=[N-])cc(C(F)(F)F)n(OC)c1=O. The van der Waals surface area contributed by atoms with Crippen LogP contribution in [-0.4, -0.2) is 18.9 Å². The van der Waals surface area contributed by atoms with Crippen molar-refractivity contribution in [2.45, 2.75) is 6.18 Å². The first kappa shape index (κ1) is 13.7. The molecule has 0 unspecified atom stereocenters. The minimum Gasteiger partial charge on any atom is -0.413 e. The molecule has 1 aromatic rings. The molecule has 0 amide bonds. The molecular formula is C8H8F3N5O2. The molecule has 0 aliphatic carbocycles. The molecule has 18 heavy (non-hydrogen) atoms. The standard InChI is InChI=1S/C8H8F3N5O2/c1-13-6-4(14-15-12)3-5(8(9,10)11)16(18-2)7(6)17/h3,13H,1-2H3.